The van der Waals surface area contributed by atoms with E-state index in [2.05, 4.69) is 19.1 Å². The molecule has 0 aliphatic carbocycles. The molecular formula is C12H20O. The molecule has 0 radical (unpaired) electrons. The van der Waals surface area contributed by atoms with Crippen LogP contribution in [-0.4, -0.2) is 11.7 Å². The maximum Gasteiger partial charge on any atom is 0.0615 e. The van der Waals surface area contributed by atoms with E-state index in [9.17, 15) is 0 Å². The van der Waals surface area contributed by atoms with Crippen molar-refractivity contribution in [3.63, 3.8) is 0 Å². The van der Waals surface area contributed by atoms with Crippen molar-refractivity contribution < 1.29 is 5.11 Å². The van der Waals surface area contributed by atoms with E-state index in [1.54, 1.807) is 6.08 Å². The zero-order valence-corrected chi connectivity index (χ0v) is 8.45. The van der Waals surface area contributed by atoms with Crippen molar-refractivity contribution in [1.82, 2.24) is 0 Å². The van der Waals surface area contributed by atoms with Gasteiger partial charge in [-0.05, 0) is 12.8 Å². The van der Waals surface area contributed by atoms with Crippen LogP contribution in [-0.2, 0) is 0 Å². The van der Waals surface area contributed by atoms with Crippen LogP contribution in [0.25, 0.3) is 0 Å². The Labute approximate surface area is 81.5 Å². The van der Waals surface area contributed by atoms with Crippen LogP contribution in [0.4, 0.5) is 0 Å². The SMILES string of the molecule is CCCCC/C=C/C=C/C=C/CO. The fourth-order valence-electron chi connectivity index (χ4n) is 0.955. The topological polar surface area (TPSA) is 20.2 Å². The van der Waals surface area contributed by atoms with Gasteiger partial charge in [-0.2, -0.15) is 0 Å². The van der Waals surface area contributed by atoms with Gasteiger partial charge < -0.3 is 5.11 Å². The molecule has 0 heterocycles. The lowest BCUT2D eigenvalue weighted by atomic mass is 10.2. The Morgan fingerprint density at radius 2 is 1.62 bits per heavy atom. The van der Waals surface area contributed by atoms with E-state index in [0.29, 0.717) is 0 Å². The van der Waals surface area contributed by atoms with Gasteiger partial charge in [0.25, 0.3) is 0 Å². The molecular weight excluding hydrogens is 160 g/mol. The highest BCUT2D eigenvalue weighted by molar-refractivity contribution is 5.10. The summed E-state index contributed by atoms with van der Waals surface area (Å²) in [4.78, 5) is 0. The number of allylic oxidation sites excluding steroid dienone is 5. The Balaban J connectivity index is 3.29. The van der Waals surface area contributed by atoms with E-state index >= 15 is 0 Å². The number of unbranched alkanes of at least 4 members (excludes halogenated alkanes) is 3. The molecule has 0 aromatic carbocycles. The van der Waals surface area contributed by atoms with E-state index in [1.807, 2.05) is 18.2 Å². The van der Waals surface area contributed by atoms with Crippen LogP contribution in [0, 0.1) is 0 Å². The monoisotopic (exact) mass is 180 g/mol. The second kappa shape index (κ2) is 11.2. The predicted molar refractivity (Wildman–Crippen MR) is 58.6 cm³/mol. The van der Waals surface area contributed by atoms with Gasteiger partial charge in [0.15, 0.2) is 0 Å². The fraction of sp³-hybridized carbons (Fsp3) is 0.500. The first-order chi connectivity index (χ1) is 6.41. The van der Waals surface area contributed by atoms with Gasteiger partial charge in [0.05, 0.1) is 6.61 Å². The molecule has 0 fully saturated rings. The van der Waals surface area contributed by atoms with Crippen molar-refractivity contribution in [2.75, 3.05) is 6.61 Å². The highest BCUT2D eigenvalue weighted by atomic mass is 16.2. The lowest BCUT2D eigenvalue weighted by molar-refractivity contribution is 0.343. The molecule has 1 nitrogen and oxygen atoms in total. The summed E-state index contributed by atoms with van der Waals surface area (Å²) in [5, 5.41) is 8.43. The quantitative estimate of drug-likeness (QED) is 0.471. The number of aliphatic hydroxyl groups is 1. The van der Waals surface area contributed by atoms with Gasteiger partial charge >= 0.3 is 0 Å². The Morgan fingerprint density at radius 3 is 2.23 bits per heavy atom. The minimum absolute atomic E-state index is 0.116. The number of hydrogen-bond donors (Lipinski definition) is 1. The molecule has 0 aliphatic rings. The molecule has 0 aromatic heterocycles. The van der Waals surface area contributed by atoms with Crippen LogP contribution in [0.3, 0.4) is 0 Å². The summed E-state index contributed by atoms with van der Waals surface area (Å²) in [7, 11) is 0. The largest absolute Gasteiger partial charge is 0.392 e. The summed E-state index contributed by atoms with van der Waals surface area (Å²) >= 11 is 0. The van der Waals surface area contributed by atoms with Gasteiger partial charge in [-0.15, -0.1) is 0 Å². The van der Waals surface area contributed by atoms with E-state index in [1.165, 1.54) is 25.7 Å². The van der Waals surface area contributed by atoms with E-state index < -0.39 is 0 Å². The molecule has 1 heteroatoms. The zero-order valence-electron chi connectivity index (χ0n) is 8.45. The molecule has 0 amide bonds. The molecule has 0 aliphatic heterocycles. The number of hydrogen-bond acceptors (Lipinski definition) is 1. The maximum atomic E-state index is 8.43. The van der Waals surface area contributed by atoms with Gasteiger partial charge in [-0.3, -0.25) is 0 Å². The Morgan fingerprint density at radius 1 is 0.923 bits per heavy atom. The average Bonchev–Trinajstić information content (AvgIpc) is 2.16. The molecule has 0 atom stereocenters. The molecule has 74 valence electrons. The Hall–Kier alpha value is -0.820. The molecule has 1 N–H and O–H groups in total. The summed E-state index contributed by atoms with van der Waals surface area (Å²) in [6.07, 6.45) is 16.7. The third-order valence-electron chi connectivity index (χ3n) is 1.69. The summed E-state index contributed by atoms with van der Waals surface area (Å²) in [6.45, 7) is 2.33. The van der Waals surface area contributed by atoms with Crippen LogP contribution in [0.5, 0.6) is 0 Å². The Bertz CT molecular complexity index is 166. The molecule has 0 saturated carbocycles. The molecule has 0 saturated heterocycles. The summed E-state index contributed by atoms with van der Waals surface area (Å²) in [5.41, 5.74) is 0. The van der Waals surface area contributed by atoms with E-state index in [0.717, 1.165) is 0 Å². The van der Waals surface area contributed by atoms with E-state index in [-0.39, 0.29) is 6.61 Å². The number of rotatable bonds is 7. The van der Waals surface area contributed by atoms with Crippen LogP contribution < -0.4 is 0 Å². The Kier molecular flexibility index (Phi) is 10.5. The van der Waals surface area contributed by atoms with Crippen molar-refractivity contribution in [2.45, 2.75) is 32.6 Å². The van der Waals surface area contributed by atoms with Crippen molar-refractivity contribution >= 4 is 0 Å². The van der Waals surface area contributed by atoms with Gasteiger partial charge in [0, 0.05) is 0 Å². The predicted octanol–water partition coefficient (Wildman–Crippen LogP) is 3.23. The maximum absolute atomic E-state index is 8.43. The third kappa shape index (κ3) is 11.2. The lowest BCUT2D eigenvalue weighted by Gasteiger charge is -1.89. The third-order valence-corrected chi connectivity index (χ3v) is 1.69. The van der Waals surface area contributed by atoms with Crippen LogP contribution >= 0.6 is 0 Å². The number of aliphatic hydroxyl groups excluding tert-OH is 1. The molecule has 0 bridgehead atoms. The molecule has 0 aromatic rings. The molecule has 0 rings (SSSR count). The second-order valence-electron chi connectivity index (χ2n) is 2.92. The van der Waals surface area contributed by atoms with Crippen molar-refractivity contribution in [3.05, 3.63) is 36.5 Å². The fourth-order valence-corrected chi connectivity index (χ4v) is 0.955. The first-order valence-corrected chi connectivity index (χ1v) is 5.01. The normalized spacial score (nSPS) is 12.5. The summed E-state index contributed by atoms with van der Waals surface area (Å²) in [5.74, 6) is 0. The van der Waals surface area contributed by atoms with Crippen LogP contribution in [0.2, 0.25) is 0 Å². The molecule has 0 unspecified atom stereocenters. The lowest BCUT2D eigenvalue weighted by Crippen LogP contribution is -1.69. The van der Waals surface area contributed by atoms with Gasteiger partial charge in [-0.1, -0.05) is 56.2 Å². The van der Waals surface area contributed by atoms with Crippen LogP contribution in [0.1, 0.15) is 32.6 Å². The summed E-state index contributed by atoms with van der Waals surface area (Å²) in [6, 6.07) is 0. The zero-order chi connectivity index (χ0) is 9.78. The standard InChI is InChI=1S/C12H20O/c1-2-3-4-5-6-7-8-9-10-11-12-13/h6-11,13H,2-5,12H2,1H3/b7-6+,9-8+,11-10+. The smallest absolute Gasteiger partial charge is 0.0615 e. The first kappa shape index (κ1) is 12.2. The van der Waals surface area contributed by atoms with Gasteiger partial charge in [0.2, 0.25) is 0 Å². The van der Waals surface area contributed by atoms with Crippen molar-refractivity contribution in [3.8, 4) is 0 Å². The van der Waals surface area contributed by atoms with Crippen LogP contribution in [0.15, 0.2) is 36.5 Å². The minimum Gasteiger partial charge on any atom is -0.392 e. The average molecular weight is 180 g/mol. The molecule has 13 heavy (non-hydrogen) atoms. The van der Waals surface area contributed by atoms with Crippen molar-refractivity contribution in [1.29, 1.82) is 0 Å². The molecule has 0 spiro atoms. The summed E-state index contributed by atoms with van der Waals surface area (Å²) < 4.78 is 0. The highest BCUT2D eigenvalue weighted by Gasteiger charge is 1.79. The second-order valence-corrected chi connectivity index (χ2v) is 2.92. The van der Waals surface area contributed by atoms with Gasteiger partial charge in [0.1, 0.15) is 0 Å². The minimum atomic E-state index is 0.116. The first-order valence-electron chi connectivity index (χ1n) is 5.01. The van der Waals surface area contributed by atoms with Crippen molar-refractivity contribution in [2.24, 2.45) is 0 Å². The highest BCUT2D eigenvalue weighted by Crippen LogP contribution is 1.99. The van der Waals surface area contributed by atoms with Gasteiger partial charge in [-0.25, -0.2) is 0 Å². The van der Waals surface area contributed by atoms with E-state index in [4.69, 9.17) is 5.11 Å².